The van der Waals surface area contributed by atoms with Gasteiger partial charge in [-0.05, 0) is 49.9 Å². The molecule has 1 aromatic carbocycles. The lowest BCUT2D eigenvalue weighted by Gasteiger charge is -2.12. The summed E-state index contributed by atoms with van der Waals surface area (Å²) in [6.07, 6.45) is 2.12. The molecule has 1 atom stereocenters. The first-order valence-corrected chi connectivity index (χ1v) is 8.27. The lowest BCUT2D eigenvalue weighted by molar-refractivity contribution is -0.136. The summed E-state index contributed by atoms with van der Waals surface area (Å²) in [6.45, 7) is 0. The number of pyridine rings is 1. The number of nitrogens with zero attached hydrogens (tertiary/aromatic N) is 1. The number of aliphatic carboxylic acids is 1. The molecule has 20 heavy (non-hydrogen) atoms. The Kier molecular flexibility index (Phi) is 5.63. The quantitative estimate of drug-likeness (QED) is 0.734. The van der Waals surface area contributed by atoms with Gasteiger partial charge in [0.1, 0.15) is 10.3 Å². The molecule has 2 aromatic rings. The van der Waals surface area contributed by atoms with E-state index in [1.807, 2.05) is 36.4 Å². The number of halogens is 2. The Labute approximate surface area is 138 Å². The fraction of sp³-hybridized carbons (Fsp3) is 0.143. The molecule has 1 aromatic heterocycles. The molecule has 0 aliphatic heterocycles. The van der Waals surface area contributed by atoms with Crippen molar-refractivity contribution in [2.75, 3.05) is 0 Å². The molecule has 0 radical (unpaired) electrons. The van der Waals surface area contributed by atoms with Crippen LogP contribution in [0.4, 0.5) is 0 Å². The number of rotatable bonds is 5. The molecule has 1 N–H and O–H groups in total. The van der Waals surface area contributed by atoms with Crippen LogP contribution < -0.4 is 0 Å². The van der Waals surface area contributed by atoms with E-state index in [1.165, 1.54) is 11.8 Å². The molecule has 0 saturated heterocycles. The van der Waals surface area contributed by atoms with Gasteiger partial charge >= 0.3 is 5.97 Å². The standard InChI is InChI=1S/C14H11Br2NO2S/c15-10-7-11(16)13(17-8-10)20-12(14(18)19)6-9-4-2-1-3-5-9/h1-5,7-8,12H,6H2,(H,18,19). The van der Waals surface area contributed by atoms with Crippen molar-refractivity contribution >= 4 is 49.6 Å². The van der Waals surface area contributed by atoms with Gasteiger partial charge in [-0.3, -0.25) is 4.79 Å². The average molecular weight is 417 g/mol. The van der Waals surface area contributed by atoms with Crippen LogP contribution in [0, 0.1) is 0 Å². The zero-order valence-corrected chi connectivity index (χ0v) is 14.3. The van der Waals surface area contributed by atoms with Gasteiger partial charge in [-0.2, -0.15) is 0 Å². The first kappa shape index (κ1) is 15.5. The van der Waals surface area contributed by atoms with Gasteiger partial charge in [0.15, 0.2) is 0 Å². The summed E-state index contributed by atoms with van der Waals surface area (Å²) in [4.78, 5) is 15.7. The minimum atomic E-state index is -0.838. The molecule has 6 heteroatoms. The van der Waals surface area contributed by atoms with Gasteiger partial charge in [0, 0.05) is 10.7 Å². The summed E-state index contributed by atoms with van der Waals surface area (Å²) in [5, 5.41) is 9.48. The van der Waals surface area contributed by atoms with Crippen molar-refractivity contribution in [3.05, 3.63) is 57.1 Å². The monoisotopic (exact) mass is 415 g/mol. The largest absolute Gasteiger partial charge is 0.480 e. The highest BCUT2D eigenvalue weighted by Gasteiger charge is 2.21. The van der Waals surface area contributed by atoms with Gasteiger partial charge < -0.3 is 5.11 Å². The second-order valence-corrected chi connectivity index (χ2v) is 7.04. The van der Waals surface area contributed by atoms with E-state index in [9.17, 15) is 9.90 Å². The lowest BCUT2D eigenvalue weighted by Crippen LogP contribution is -2.19. The molecular weight excluding hydrogens is 406 g/mol. The number of benzene rings is 1. The maximum Gasteiger partial charge on any atom is 0.317 e. The summed E-state index contributed by atoms with van der Waals surface area (Å²) in [5.41, 5.74) is 1.00. The van der Waals surface area contributed by atoms with Crippen LogP contribution in [0.15, 0.2) is 56.6 Å². The highest BCUT2D eigenvalue weighted by molar-refractivity contribution is 9.11. The molecule has 3 nitrogen and oxygen atoms in total. The molecule has 0 aliphatic rings. The topological polar surface area (TPSA) is 50.2 Å². The molecule has 2 rings (SSSR count). The van der Waals surface area contributed by atoms with Gasteiger partial charge in [-0.1, -0.05) is 42.1 Å². The molecule has 0 spiro atoms. The van der Waals surface area contributed by atoms with Crippen LogP contribution in [-0.4, -0.2) is 21.3 Å². The molecule has 1 heterocycles. The number of thioether (sulfide) groups is 1. The van der Waals surface area contributed by atoms with Crippen LogP contribution in [0.3, 0.4) is 0 Å². The number of carboxylic acids is 1. The maximum atomic E-state index is 11.4. The van der Waals surface area contributed by atoms with Crippen molar-refractivity contribution in [2.24, 2.45) is 0 Å². The Morgan fingerprint density at radius 3 is 2.60 bits per heavy atom. The Balaban J connectivity index is 2.15. The van der Waals surface area contributed by atoms with Crippen LogP contribution >= 0.6 is 43.6 Å². The van der Waals surface area contributed by atoms with E-state index in [-0.39, 0.29) is 0 Å². The fourth-order valence-corrected chi connectivity index (χ4v) is 3.83. The predicted octanol–water partition coefficient (Wildman–Crippen LogP) is 4.39. The van der Waals surface area contributed by atoms with Crippen LogP contribution in [0.2, 0.25) is 0 Å². The smallest absolute Gasteiger partial charge is 0.317 e. The SMILES string of the molecule is O=C(O)C(Cc1ccccc1)Sc1ncc(Br)cc1Br. The van der Waals surface area contributed by atoms with Crippen molar-refractivity contribution in [1.29, 1.82) is 0 Å². The van der Waals surface area contributed by atoms with Crippen LogP contribution in [-0.2, 0) is 11.2 Å². The highest BCUT2D eigenvalue weighted by Crippen LogP contribution is 2.32. The van der Waals surface area contributed by atoms with E-state index in [1.54, 1.807) is 6.20 Å². The Morgan fingerprint density at radius 2 is 2.00 bits per heavy atom. The van der Waals surface area contributed by atoms with Crippen molar-refractivity contribution in [3.8, 4) is 0 Å². The average Bonchev–Trinajstić information content (AvgIpc) is 2.42. The second kappa shape index (κ2) is 7.24. The molecule has 104 valence electrons. The van der Waals surface area contributed by atoms with Gasteiger partial charge in [0.05, 0.1) is 4.47 Å². The predicted molar refractivity (Wildman–Crippen MR) is 87.1 cm³/mol. The van der Waals surface area contributed by atoms with Gasteiger partial charge in [-0.25, -0.2) is 4.98 Å². The zero-order valence-electron chi connectivity index (χ0n) is 10.3. The summed E-state index contributed by atoms with van der Waals surface area (Å²) in [7, 11) is 0. The van der Waals surface area contributed by atoms with Gasteiger partial charge in [0.25, 0.3) is 0 Å². The second-order valence-electron chi connectivity index (χ2n) is 4.07. The van der Waals surface area contributed by atoms with Crippen LogP contribution in [0.1, 0.15) is 5.56 Å². The van der Waals surface area contributed by atoms with E-state index < -0.39 is 11.2 Å². The Bertz CT molecular complexity index is 607. The van der Waals surface area contributed by atoms with Gasteiger partial charge in [-0.15, -0.1) is 0 Å². The number of carboxylic acid groups (broad SMARTS) is 1. The summed E-state index contributed by atoms with van der Waals surface area (Å²) < 4.78 is 1.64. The third kappa shape index (κ3) is 4.33. The molecule has 1 unspecified atom stereocenters. The first-order valence-electron chi connectivity index (χ1n) is 5.80. The number of hydrogen-bond acceptors (Lipinski definition) is 3. The lowest BCUT2D eigenvalue weighted by atomic mass is 10.1. The third-order valence-electron chi connectivity index (χ3n) is 2.57. The number of aromatic nitrogens is 1. The number of hydrogen-bond donors (Lipinski definition) is 1. The van der Waals surface area contributed by atoms with E-state index in [2.05, 4.69) is 36.8 Å². The molecule has 0 amide bonds. The van der Waals surface area contributed by atoms with Gasteiger partial charge in [0.2, 0.25) is 0 Å². The molecule has 0 fully saturated rings. The fourth-order valence-electron chi connectivity index (χ4n) is 1.63. The summed E-state index contributed by atoms with van der Waals surface area (Å²) in [6, 6.07) is 11.5. The van der Waals surface area contributed by atoms with E-state index in [0.717, 1.165) is 14.5 Å². The number of carbonyl (C=O) groups is 1. The Morgan fingerprint density at radius 1 is 1.30 bits per heavy atom. The summed E-state index contributed by atoms with van der Waals surface area (Å²) in [5.74, 6) is -0.838. The highest BCUT2D eigenvalue weighted by atomic mass is 79.9. The van der Waals surface area contributed by atoms with E-state index in [4.69, 9.17) is 0 Å². The maximum absolute atomic E-state index is 11.4. The van der Waals surface area contributed by atoms with Crippen molar-refractivity contribution < 1.29 is 9.90 Å². The van der Waals surface area contributed by atoms with E-state index in [0.29, 0.717) is 11.4 Å². The minimum absolute atomic E-state index is 0.463. The third-order valence-corrected chi connectivity index (χ3v) is 5.07. The van der Waals surface area contributed by atoms with Crippen LogP contribution in [0.5, 0.6) is 0 Å². The molecule has 0 saturated carbocycles. The first-order chi connectivity index (χ1) is 9.56. The van der Waals surface area contributed by atoms with Crippen molar-refractivity contribution in [2.45, 2.75) is 16.7 Å². The van der Waals surface area contributed by atoms with Crippen molar-refractivity contribution in [1.82, 2.24) is 4.98 Å². The van der Waals surface area contributed by atoms with E-state index >= 15 is 0 Å². The Hall–Kier alpha value is -0.850. The van der Waals surface area contributed by atoms with Crippen LogP contribution in [0.25, 0.3) is 0 Å². The molecule has 0 aliphatic carbocycles. The molecule has 0 bridgehead atoms. The zero-order chi connectivity index (χ0) is 14.5. The summed E-state index contributed by atoms with van der Waals surface area (Å²) >= 11 is 7.98. The normalized spacial score (nSPS) is 12.1. The molecular formula is C14H11Br2NO2S. The van der Waals surface area contributed by atoms with Crippen molar-refractivity contribution in [3.63, 3.8) is 0 Å². The minimum Gasteiger partial charge on any atom is -0.480 e.